The summed E-state index contributed by atoms with van der Waals surface area (Å²) in [6.45, 7) is 3.96. The number of hydrogen-bond acceptors (Lipinski definition) is 4. The van der Waals surface area contributed by atoms with Crippen molar-refractivity contribution in [1.29, 1.82) is 0 Å². The van der Waals surface area contributed by atoms with E-state index in [-0.39, 0.29) is 11.8 Å². The second-order valence-electron chi connectivity index (χ2n) is 3.92. The molecule has 0 aliphatic carbocycles. The molecule has 0 heterocycles. The van der Waals surface area contributed by atoms with Gasteiger partial charge in [0.25, 0.3) is 0 Å². The van der Waals surface area contributed by atoms with Crippen molar-refractivity contribution in [2.24, 2.45) is 5.10 Å². The van der Waals surface area contributed by atoms with Crippen LogP contribution in [0, 0.1) is 0 Å². The summed E-state index contributed by atoms with van der Waals surface area (Å²) in [6, 6.07) is 5.14. The summed E-state index contributed by atoms with van der Waals surface area (Å²) in [5.41, 5.74) is 3.22. The number of phenols is 1. The second kappa shape index (κ2) is 6.80. The van der Waals surface area contributed by atoms with Gasteiger partial charge in [-0.15, -0.1) is 0 Å². The van der Waals surface area contributed by atoms with Gasteiger partial charge in [0.2, 0.25) is 0 Å². The lowest BCUT2D eigenvalue weighted by molar-refractivity contribution is 0.412. The van der Waals surface area contributed by atoms with Crippen molar-refractivity contribution >= 4 is 23.5 Å². The molecule has 0 aliphatic rings. The first-order valence-electron chi connectivity index (χ1n) is 5.49. The van der Waals surface area contributed by atoms with Gasteiger partial charge in [0.15, 0.2) is 5.11 Å². The van der Waals surface area contributed by atoms with Crippen LogP contribution in [0.5, 0.6) is 11.5 Å². The Morgan fingerprint density at radius 3 is 2.83 bits per heavy atom. The Bertz CT molecular complexity index is 447. The zero-order chi connectivity index (χ0) is 13.5. The molecule has 1 rings (SSSR count). The third-order valence-electron chi connectivity index (χ3n) is 2.02. The lowest BCUT2D eigenvalue weighted by atomic mass is 10.2. The van der Waals surface area contributed by atoms with Crippen LogP contribution in [0.4, 0.5) is 0 Å². The highest BCUT2D eigenvalue weighted by molar-refractivity contribution is 7.80. The predicted octanol–water partition coefficient (Wildman–Crippen LogP) is 1.61. The van der Waals surface area contributed by atoms with Crippen LogP contribution < -0.4 is 15.5 Å². The molecular weight excluding hydrogens is 250 g/mol. The first-order chi connectivity index (χ1) is 8.52. The van der Waals surface area contributed by atoms with Crippen LogP contribution in [-0.2, 0) is 0 Å². The van der Waals surface area contributed by atoms with Crippen LogP contribution in [-0.4, -0.2) is 29.6 Å². The quantitative estimate of drug-likeness (QED) is 0.439. The summed E-state index contributed by atoms with van der Waals surface area (Å²) in [7, 11) is 1.56. The van der Waals surface area contributed by atoms with Crippen LogP contribution in [0.2, 0.25) is 0 Å². The largest absolute Gasteiger partial charge is 0.507 e. The van der Waals surface area contributed by atoms with E-state index in [0.717, 1.165) is 0 Å². The van der Waals surface area contributed by atoms with Crippen LogP contribution >= 0.6 is 12.2 Å². The van der Waals surface area contributed by atoms with Crippen LogP contribution in [0.3, 0.4) is 0 Å². The van der Waals surface area contributed by atoms with Crippen molar-refractivity contribution in [1.82, 2.24) is 10.7 Å². The number of rotatable bonds is 4. The van der Waals surface area contributed by atoms with Gasteiger partial charge in [-0.3, -0.25) is 5.43 Å². The maximum Gasteiger partial charge on any atom is 0.187 e. The van der Waals surface area contributed by atoms with E-state index in [0.29, 0.717) is 16.4 Å². The maximum absolute atomic E-state index is 9.62. The molecule has 6 heteroatoms. The first kappa shape index (κ1) is 14.2. The van der Waals surface area contributed by atoms with Gasteiger partial charge in [-0.2, -0.15) is 5.10 Å². The Morgan fingerprint density at radius 2 is 2.22 bits per heavy atom. The number of nitrogens with zero attached hydrogens (tertiary/aromatic N) is 1. The lowest BCUT2D eigenvalue weighted by Gasteiger charge is -2.09. The molecule has 0 bridgehead atoms. The molecule has 0 aromatic heterocycles. The Hall–Kier alpha value is -1.82. The van der Waals surface area contributed by atoms with E-state index in [9.17, 15) is 5.11 Å². The van der Waals surface area contributed by atoms with Crippen LogP contribution in [0.25, 0.3) is 0 Å². The van der Waals surface area contributed by atoms with Gasteiger partial charge in [0.05, 0.1) is 13.3 Å². The minimum absolute atomic E-state index is 0.129. The molecule has 0 aliphatic heterocycles. The van der Waals surface area contributed by atoms with Crippen LogP contribution in [0.1, 0.15) is 19.4 Å². The van der Waals surface area contributed by atoms with Crippen molar-refractivity contribution in [2.75, 3.05) is 7.11 Å². The van der Waals surface area contributed by atoms with Crippen molar-refractivity contribution < 1.29 is 9.84 Å². The Kier molecular flexibility index (Phi) is 5.38. The summed E-state index contributed by atoms with van der Waals surface area (Å²) in [5, 5.41) is 17.0. The number of phenolic OH excluding ortho intramolecular Hbond substituents is 1. The van der Waals surface area contributed by atoms with Crippen molar-refractivity contribution in [3.8, 4) is 11.5 Å². The molecule has 0 spiro atoms. The summed E-state index contributed by atoms with van der Waals surface area (Å²) in [6.07, 6.45) is 1.48. The van der Waals surface area contributed by atoms with E-state index in [4.69, 9.17) is 17.0 Å². The van der Waals surface area contributed by atoms with Gasteiger partial charge in [0.1, 0.15) is 11.5 Å². The van der Waals surface area contributed by atoms with E-state index in [2.05, 4.69) is 15.8 Å². The minimum atomic E-state index is 0.129. The lowest BCUT2D eigenvalue weighted by Crippen LogP contribution is -2.36. The summed E-state index contributed by atoms with van der Waals surface area (Å²) < 4.78 is 5.06. The van der Waals surface area contributed by atoms with Crippen molar-refractivity contribution in [3.05, 3.63) is 23.8 Å². The number of aromatic hydroxyl groups is 1. The fraction of sp³-hybridized carbons (Fsp3) is 0.333. The van der Waals surface area contributed by atoms with Gasteiger partial charge in [-0.05, 0) is 44.3 Å². The fourth-order valence-electron chi connectivity index (χ4n) is 1.22. The molecule has 0 amide bonds. The highest BCUT2D eigenvalue weighted by atomic mass is 32.1. The third-order valence-corrected chi connectivity index (χ3v) is 2.23. The predicted molar refractivity (Wildman–Crippen MR) is 76.3 cm³/mol. The van der Waals surface area contributed by atoms with E-state index >= 15 is 0 Å². The molecule has 0 saturated heterocycles. The minimum Gasteiger partial charge on any atom is -0.507 e. The van der Waals surface area contributed by atoms with E-state index in [1.807, 2.05) is 13.8 Å². The number of benzene rings is 1. The number of hydrazone groups is 1. The average molecular weight is 267 g/mol. The van der Waals surface area contributed by atoms with Gasteiger partial charge < -0.3 is 15.2 Å². The summed E-state index contributed by atoms with van der Waals surface area (Å²) in [5.74, 6) is 0.779. The second-order valence-corrected chi connectivity index (χ2v) is 4.33. The maximum atomic E-state index is 9.62. The molecule has 0 atom stereocenters. The number of nitrogens with one attached hydrogen (secondary N) is 2. The van der Waals surface area contributed by atoms with Crippen LogP contribution in [0.15, 0.2) is 23.3 Å². The monoisotopic (exact) mass is 267 g/mol. The van der Waals surface area contributed by atoms with Crippen molar-refractivity contribution in [3.63, 3.8) is 0 Å². The zero-order valence-electron chi connectivity index (χ0n) is 10.6. The molecule has 0 saturated carbocycles. The average Bonchev–Trinajstić information content (AvgIpc) is 2.30. The molecule has 1 aromatic rings. The topological polar surface area (TPSA) is 65.9 Å². The molecule has 1 aromatic carbocycles. The highest BCUT2D eigenvalue weighted by Gasteiger charge is 2.00. The van der Waals surface area contributed by atoms with Gasteiger partial charge in [0, 0.05) is 11.6 Å². The number of hydrogen-bond donors (Lipinski definition) is 3. The Balaban J connectivity index is 2.64. The molecule has 98 valence electrons. The summed E-state index contributed by atoms with van der Waals surface area (Å²) in [4.78, 5) is 0. The van der Waals surface area contributed by atoms with Gasteiger partial charge in [-0.1, -0.05) is 0 Å². The normalized spacial score (nSPS) is 10.7. The highest BCUT2D eigenvalue weighted by Crippen LogP contribution is 2.20. The van der Waals surface area contributed by atoms with Gasteiger partial charge in [-0.25, -0.2) is 0 Å². The SMILES string of the molecule is COc1ccc(O)c(C=NNC(=S)NC(C)C)c1. The number of ether oxygens (including phenoxy) is 1. The third kappa shape index (κ3) is 4.58. The molecule has 0 radical (unpaired) electrons. The summed E-state index contributed by atoms with van der Waals surface area (Å²) >= 11 is 5.00. The smallest absolute Gasteiger partial charge is 0.187 e. The van der Waals surface area contributed by atoms with Gasteiger partial charge >= 0.3 is 0 Å². The number of thiocarbonyl (C=S) groups is 1. The fourth-order valence-corrected chi connectivity index (χ4v) is 1.51. The van der Waals surface area contributed by atoms with E-state index < -0.39 is 0 Å². The Labute approximate surface area is 112 Å². The Morgan fingerprint density at radius 1 is 1.50 bits per heavy atom. The molecule has 5 nitrogen and oxygen atoms in total. The molecule has 0 fully saturated rings. The van der Waals surface area contributed by atoms with E-state index in [1.165, 1.54) is 6.21 Å². The van der Waals surface area contributed by atoms with E-state index in [1.54, 1.807) is 25.3 Å². The first-order valence-corrected chi connectivity index (χ1v) is 5.90. The standard InChI is InChI=1S/C12H17N3O2S/c1-8(2)14-12(18)15-13-7-9-6-10(17-3)4-5-11(9)16/h4-8,16H,1-3H3,(H2,14,15,18). The zero-order valence-corrected chi connectivity index (χ0v) is 11.4. The molecule has 3 N–H and O–H groups in total. The van der Waals surface area contributed by atoms with Crippen molar-refractivity contribution in [2.45, 2.75) is 19.9 Å². The molecule has 18 heavy (non-hydrogen) atoms. The number of methoxy groups -OCH3 is 1. The molecular formula is C12H17N3O2S. The molecule has 0 unspecified atom stereocenters.